The molecule has 19 rings (SSSR count). The van der Waals surface area contributed by atoms with Crippen LogP contribution in [0.25, 0.3) is 0 Å². The molecule has 12 saturated carbocycles. The van der Waals surface area contributed by atoms with E-state index in [9.17, 15) is 81.7 Å². The van der Waals surface area contributed by atoms with Crippen LogP contribution >= 0.6 is 0 Å². The minimum absolute atomic E-state index is 0.00753. The normalized spacial score (nSPS) is 57.6. The minimum atomic E-state index is -1.53. The Morgan fingerprint density at radius 2 is 0.815 bits per heavy atom. The Balaban J connectivity index is 0.000000133. The molecule has 0 aromatic heterocycles. The van der Waals surface area contributed by atoms with Gasteiger partial charge in [0.25, 0.3) is 0 Å². The van der Waals surface area contributed by atoms with Crippen LogP contribution < -0.4 is 0 Å². The highest BCUT2D eigenvalue weighted by atomic mass is 16.7. The predicted octanol–water partition coefficient (Wildman–Crippen LogP) is 10.7. The Kier molecular flexibility index (Phi) is 22.5. The van der Waals surface area contributed by atoms with Crippen LogP contribution in [-0.4, -0.2) is 251 Å². The zero-order chi connectivity index (χ0) is 90.8. The molecule has 14 aliphatic carbocycles. The largest absolute Gasteiger partial charge is 0.394 e. The summed E-state index contributed by atoms with van der Waals surface area (Å²) in [4.78, 5) is 0. The van der Waals surface area contributed by atoms with E-state index in [1.807, 2.05) is 27.7 Å². The molecule has 4 spiro atoms. The average molecular weight is 1750 g/mol. The smallest absolute Gasteiger partial charge is 0.186 e. The van der Waals surface area contributed by atoms with E-state index in [1.165, 1.54) is 11.1 Å². The Morgan fingerprint density at radius 1 is 0.379 bits per heavy atom. The third-order valence-corrected chi connectivity index (χ3v) is 43.4. The zero-order valence-corrected chi connectivity index (χ0v) is 79.4. The highest BCUT2D eigenvalue weighted by Crippen LogP contribution is 2.92. The van der Waals surface area contributed by atoms with Crippen molar-refractivity contribution in [2.45, 2.75) is 469 Å². The van der Waals surface area contributed by atoms with Crippen LogP contribution in [-0.2, 0) is 33.2 Å². The molecule has 42 atom stereocenters. The van der Waals surface area contributed by atoms with Gasteiger partial charge in [0.15, 0.2) is 12.6 Å². The van der Waals surface area contributed by atoms with Crippen LogP contribution in [0.2, 0.25) is 0 Å². The van der Waals surface area contributed by atoms with Crippen LogP contribution in [0.5, 0.6) is 0 Å². The molecule has 17 fully saturated rings. The van der Waals surface area contributed by atoms with E-state index in [2.05, 4.69) is 123 Å². The summed E-state index contributed by atoms with van der Waals surface area (Å²) in [5.74, 6) is 0.876. The number of aliphatic hydroxyl groups is 16. The monoisotopic (exact) mass is 1750 g/mol. The Bertz CT molecular complexity index is 4090. The SMILES string of the molecule is CC(C)(O)[C@@H]1CC[C@](C)([C@H]2[C@@H](O)C[C@@]3(C)[C@@H]4C[C@H](O)[C@H]5C(C)(C)C(O[C@@H]6OC[C@@H](O)[C@H](O)[C@H]6O)CCC56C[C@@]46CC[C@]23C)O1.CC(C)(O)[C@@H]1CC[C@](C)([C@H]2[C@@H](O)C[C@@]3(C)[C@@H]4C[C@H](OC5O[C@H](CO)[C@@H](O)[C@H](O)[C@H]5O)[C@H]5C(C)(C)C(O)CCC56C[C@@]46CC[C@]23C)O1.CC1(C)C2=CC[C@@H]3[C@@](C)(CC[C@]4(C)[C@@H]([C@@]5(C)CC[C@@H](C(C)(C)O)O5)[C@@H](O)C[C@@]34C)C2=CCC1O. The van der Waals surface area contributed by atoms with Crippen molar-refractivity contribution < 1.29 is 115 Å². The lowest BCUT2D eigenvalue weighted by Crippen LogP contribution is -2.64. The standard InChI is InChI=1S/C36H60O10.C35H58O9.C30H48O4/c1-30(2)22(39)8-11-36-17-35(36)13-12-32(5)27(34(7)10-9-23(46-34)31(3,4)43)18(38)15-33(32,6)21(35)14-19(28(30)36)44-29-26(42)25(41)24(40)20(16-37)45-29;1-29(2)22(43-28-25(40)24(39)20(38)16-42-28)9-11-35-17-34(35)13-12-31(5)27(33(7)10-8-23(44-33)30(3,4)41)19(37)15-32(31,6)21(34)14-18(36)26(29)35;1-25(2)18-9-11-21-27(5,19(18)10-12-22(25)32)15-16-28(6)24(20(31)17-29(21,28)7)30(8)14-13-23(34-30)26(3,4)33/h18-29,37-43H,8-17H2,1-7H3;18-28,36-41H,8-17H2,1-7H3;9-10,20-24,31-33H,11-17H2,1-8H3/t18-,19-,20+,21-,22?,23-,24+,25-,26+,27-,28-,29?,32+,33-,34+,35-,36?;18-,19-,20+,21-,22?,23-,24-,25+,26-,27-,28-,31+,32-,33+,34-,35?;20-,21+,22?,23-,24-,27-,28+,29-,30+/m000/s1. The van der Waals surface area contributed by atoms with Crippen molar-refractivity contribution in [3.63, 3.8) is 0 Å². The lowest BCUT2D eigenvalue weighted by atomic mass is 9.40. The number of hydrogen-bond acceptors (Lipinski definition) is 23. The quantitative estimate of drug-likeness (QED) is 0.0855. The zero-order valence-electron chi connectivity index (χ0n) is 79.4. The van der Waals surface area contributed by atoms with Gasteiger partial charge in [-0.25, -0.2) is 0 Å². The fourth-order valence-corrected chi connectivity index (χ4v) is 36.8. The van der Waals surface area contributed by atoms with Crippen molar-refractivity contribution in [2.75, 3.05) is 13.2 Å². The van der Waals surface area contributed by atoms with Gasteiger partial charge in [-0.1, -0.05) is 102 Å². The fraction of sp³-hybridized carbons (Fsp3) is 0.960. The maximum Gasteiger partial charge on any atom is 0.186 e. The van der Waals surface area contributed by atoms with Gasteiger partial charge < -0.3 is 115 Å². The molecular weight excluding hydrogens is 1580 g/mol. The van der Waals surface area contributed by atoms with E-state index in [-0.39, 0.29) is 138 Å². The second-order valence-corrected chi connectivity index (χ2v) is 51.6. The van der Waals surface area contributed by atoms with Crippen molar-refractivity contribution in [1.82, 2.24) is 0 Å². The first-order valence-corrected chi connectivity index (χ1v) is 49.0. The van der Waals surface area contributed by atoms with Crippen LogP contribution in [0.3, 0.4) is 0 Å². The highest BCUT2D eigenvalue weighted by molar-refractivity contribution is 5.48. The van der Waals surface area contributed by atoms with Gasteiger partial charge in [0.1, 0.15) is 42.7 Å². The maximum atomic E-state index is 12.1. The summed E-state index contributed by atoms with van der Waals surface area (Å²) in [6, 6.07) is 0. The van der Waals surface area contributed by atoms with Crippen molar-refractivity contribution >= 4 is 0 Å². The molecule has 0 radical (unpaired) electrons. The van der Waals surface area contributed by atoms with Crippen molar-refractivity contribution in [3.05, 3.63) is 23.3 Å². The van der Waals surface area contributed by atoms with Crippen LogP contribution in [0.15, 0.2) is 23.3 Å². The molecule has 0 bridgehead atoms. The molecule has 0 amide bonds. The summed E-state index contributed by atoms with van der Waals surface area (Å²) in [6.07, 6.45) is 10.8. The van der Waals surface area contributed by atoms with Gasteiger partial charge in [0.2, 0.25) is 0 Å². The lowest BCUT2D eigenvalue weighted by Gasteiger charge is -2.65. The molecule has 0 aromatic rings. The van der Waals surface area contributed by atoms with Crippen molar-refractivity contribution in [2.24, 2.45) is 123 Å². The highest BCUT2D eigenvalue weighted by Gasteiger charge is 2.88. The van der Waals surface area contributed by atoms with E-state index < -0.39 is 143 Å². The summed E-state index contributed by atoms with van der Waals surface area (Å²) in [7, 11) is 0. The molecule has 708 valence electrons. The Hall–Kier alpha value is -1.44. The molecule has 23 nitrogen and oxygen atoms in total. The van der Waals surface area contributed by atoms with Crippen LogP contribution in [0.1, 0.15) is 313 Å². The van der Waals surface area contributed by atoms with E-state index in [0.29, 0.717) is 43.9 Å². The fourth-order valence-electron chi connectivity index (χ4n) is 36.8. The van der Waals surface area contributed by atoms with Crippen LogP contribution in [0.4, 0.5) is 0 Å². The molecule has 16 N–H and O–H groups in total. The second kappa shape index (κ2) is 29.5. The Labute approximate surface area is 739 Å². The molecule has 5 heterocycles. The first-order chi connectivity index (χ1) is 57.0. The number of aliphatic hydroxyl groups excluding tert-OH is 13. The summed E-state index contributed by atoms with van der Waals surface area (Å²) < 4.78 is 44.7. The molecule has 6 unspecified atom stereocenters. The molecule has 5 saturated heterocycles. The number of fused-ring (bicyclic) bond motifs is 9. The molecule has 19 aliphatic rings. The summed E-state index contributed by atoms with van der Waals surface area (Å²) in [6.45, 7) is 46.7. The molecule has 124 heavy (non-hydrogen) atoms. The van der Waals surface area contributed by atoms with Gasteiger partial charge in [-0.3, -0.25) is 0 Å². The number of rotatable bonds is 11. The van der Waals surface area contributed by atoms with E-state index in [0.717, 1.165) is 128 Å². The average Bonchev–Trinajstić information content (AvgIpc) is 1.46. The molecule has 23 heteroatoms. The minimum Gasteiger partial charge on any atom is -0.394 e. The second-order valence-electron chi connectivity index (χ2n) is 51.6. The van der Waals surface area contributed by atoms with Crippen molar-refractivity contribution in [3.8, 4) is 0 Å². The lowest BCUT2D eigenvalue weighted by molar-refractivity contribution is -0.331. The van der Waals surface area contributed by atoms with Crippen molar-refractivity contribution in [1.29, 1.82) is 0 Å². The molecule has 0 aromatic carbocycles. The van der Waals surface area contributed by atoms with E-state index in [4.69, 9.17) is 33.2 Å². The Morgan fingerprint density at radius 3 is 1.28 bits per heavy atom. The number of hydrogen-bond donors (Lipinski definition) is 16. The first-order valence-electron chi connectivity index (χ1n) is 49.0. The van der Waals surface area contributed by atoms with E-state index in [1.54, 1.807) is 13.8 Å². The summed E-state index contributed by atoms with van der Waals surface area (Å²) >= 11 is 0. The van der Waals surface area contributed by atoms with Gasteiger partial charge in [-0.05, 0) is 334 Å². The van der Waals surface area contributed by atoms with Gasteiger partial charge in [0.05, 0.1) is 114 Å². The number of allylic oxidation sites excluding steroid dienone is 2. The summed E-state index contributed by atoms with van der Waals surface area (Å²) in [5.41, 5.74) is -3.17. The molecule has 5 aliphatic heterocycles. The third-order valence-electron chi connectivity index (χ3n) is 43.4. The molecular formula is C101H166O23. The van der Waals surface area contributed by atoms with Gasteiger partial charge in [-0.2, -0.15) is 0 Å². The third kappa shape index (κ3) is 12.9. The van der Waals surface area contributed by atoms with Gasteiger partial charge >= 0.3 is 0 Å². The van der Waals surface area contributed by atoms with Gasteiger partial charge in [0, 0.05) is 23.2 Å². The first kappa shape index (κ1) is 94.3. The van der Waals surface area contributed by atoms with Gasteiger partial charge in [-0.15, -0.1) is 0 Å². The topological polar surface area (TPSA) is 388 Å². The van der Waals surface area contributed by atoms with E-state index >= 15 is 0 Å². The van der Waals surface area contributed by atoms with Crippen LogP contribution in [0, 0.1) is 123 Å². The maximum absolute atomic E-state index is 12.1. The predicted molar refractivity (Wildman–Crippen MR) is 463 cm³/mol. The summed E-state index contributed by atoms with van der Waals surface area (Å²) in [5, 5.41) is 175. The number of ether oxygens (including phenoxy) is 7.